The van der Waals surface area contributed by atoms with Gasteiger partial charge in [0.1, 0.15) is 17.9 Å². The molecule has 5 nitrogen and oxygen atoms in total. The number of carbonyl (C=O) groups excluding carboxylic acids is 1. The molecule has 4 aliphatic heterocycles. The maximum absolute atomic E-state index is 12.4. The SMILES string of the molecule is O=C(OCC1CN2CCN1CC2)c1cc(Cl)cc2c1OCC2. The van der Waals surface area contributed by atoms with E-state index < -0.39 is 0 Å². The van der Waals surface area contributed by atoms with Crippen LogP contribution in [-0.4, -0.2) is 67.7 Å². The molecule has 0 radical (unpaired) electrons. The van der Waals surface area contributed by atoms with Gasteiger partial charge in [-0.3, -0.25) is 9.80 Å². The third kappa shape index (κ3) is 2.57. The van der Waals surface area contributed by atoms with Crippen LogP contribution in [0, 0.1) is 0 Å². The molecule has 118 valence electrons. The lowest BCUT2D eigenvalue weighted by atomic mass is 10.1. The molecule has 1 aromatic carbocycles. The number of halogens is 1. The number of benzene rings is 1. The van der Waals surface area contributed by atoms with Crippen LogP contribution >= 0.6 is 11.6 Å². The van der Waals surface area contributed by atoms with Crippen LogP contribution in [0.1, 0.15) is 15.9 Å². The molecule has 0 aromatic heterocycles. The number of piperazine rings is 3. The summed E-state index contributed by atoms with van der Waals surface area (Å²) in [6, 6.07) is 3.81. The second-order valence-electron chi connectivity index (χ2n) is 6.13. The molecule has 0 amide bonds. The molecule has 0 N–H and O–H groups in total. The van der Waals surface area contributed by atoms with E-state index in [4.69, 9.17) is 21.1 Å². The summed E-state index contributed by atoms with van der Waals surface area (Å²) in [5.74, 6) is 0.307. The highest BCUT2D eigenvalue weighted by atomic mass is 35.5. The van der Waals surface area contributed by atoms with Crippen molar-refractivity contribution in [3.63, 3.8) is 0 Å². The van der Waals surface area contributed by atoms with Gasteiger partial charge < -0.3 is 9.47 Å². The topological polar surface area (TPSA) is 42.0 Å². The van der Waals surface area contributed by atoms with Gasteiger partial charge in [-0.25, -0.2) is 4.79 Å². The second kappa shape index (κ2) is 5.72. The average molecular weight is 323 g/mol. The summed E-state index contributed by atoms with van der Waals surface area (Å²) in [6.45, 7) is 6.39. The van der Waals surface area contributed by atoms with Crippen molar-refractivity contribution in [1.29, 1.82) is 0 Å². The van der Waals surface area contributed by atoms with E-state index in [0.717, 1.165) is 44.7 Å². The van der Waals surface area contributed by atoms with Gasteiger partial charge in [0.2, 0.25) is 0 Å². The standard InChI is InChI=1S/C16H19ClN2O3/c17-12-7-11-1-6-21-15(11)14(8-12)16(20)22-10-13-9-18-2-4-19(13)5-3-18/h7-8,13H,1-6,9-10H2. The molecule has 1 unspecified atom stereocenters. The Balaban J connectivity index is 1.45. The Kier molecular flexibility index (Phi) is 3.72. The van der Waals surface area contributed by atoms with Gasteiger partial charge in [-0.1, -0.05) is 11.6 Å². The third-order valence-corrected chi connectivity index (χ3v) is 4.99. The van der Waals surface area contributed by atoms with Gasteiger partial charge in [-0.2, -0.15) is 0 Å². The zero-order valence-corrected chi connectivity index (χ0v) is 13.1. The fourth-order valence-electron chi connectivity index (χ4n) is 3.55. The van der Waals surface area contributed by atoms with Crippen LogP contribution in [-0.2, 0) is 11.2 Å². The predicted octanol–water partition coefficient (Wildman–Crippen LogP) is 1.43. The summed E-state index contributed by atoms with van der Waals surface area (Å²) in [5.41, 5.74) is 1.45. The molecule has 3 saturated heterocycles. The van der Waals surface area contributed by atoms with Crippen molar-refractivity contribution in [2.24, 2.45) is 0 Å². The quantitative estimate of drug-likeness (QED) is 0.788. The molecule has 4 heterocycles. The maximum Gasteiger partial charge on any atom is 0.342 e. The van der Waals surface area contributed by atoms with Crippen LogP contribution in [0.4, 0.5) is 0 Å². The van der Waals surface area contributed by atoms with Crippen LogP contribution < -0.4 is 4.74 Å². The molecule has 0 spiro atoms. The minimum atomic E-state index is -0.335. The minimum absolute atomic E-state index is 0.305. The molecule has 22 heavy (non-hydrogen) atoms. The Bertz CT molecular complexity index is 599. The van der Waals surface area contributed by atoms with E-state index in [9.17, 15) is 4.79 Å². The Morgan fingerprint density at radius 3 is 2.86 bits per heavy atom. The first-order valence-electron chi connectivity index (χ1n) is 7.79. The van der Waals surface area contributed by atoms with Crippen molar-refractivity contribution in [2.75, 3.05) is 45.9 Å². The Labute approximate surface area is 134 Å². The molecule has 1 aromatic rings. The largest absolute Gasteiger partial charge is 0.492 e. The number of hydrogen-bond donors (Lipinski definition) is 0. The first-order chi connectivity index (χ1) is 10.7. The Hall–Kier alpha value is -1.30. The average Bonchev–Trinajstić information content (AvgIpc) is 3.01. The van der Waals surface area contributed by atoms with E-state index in [1.165, 1.54) is 0 Å². The number of ether oxygens (including phenoxy) is 2. The number of nitrogens with zero attached hydrogens (tertiary/aromatic N) is 2. The zero-order chi connectivity index (χ0) is 15.1. The highest BCUT2D eigenvalue weighted by molar-refractivity contribution is 6.31. The first kappa shape index (κ1) is 14.3. The van der Waals surface area contributed by atoms with Gasteiger partial charge in [0.15, 0.2) is 0 Å². The summed E-state index contributed by atoms with van der Waals surface area (Å²) >= 11 is 6.09. The second-order valence-corrected chi connectivity index (χ2v) is 6.57. The van der Waals surface area contributed by atoms with Crippen molar-refractivity contribution in [3.8, 4) is 5.75 Å². The number of esters is 1. The Morgan fingerprint density at radius 1 is 1.32 bits per heavy atom. The fourth-order valence-corrected chi connectivity index (χ4v) is 3.79. The van der Waals surface area contributed by atoms with E-state index >= 15 is 0 Å². The third-order valence-electron chi connectivity index (χ3n) is 4.77. The summed E-state index contributed by atoms with van der Waals surface area (Å²) in [6.07, 6.45) is 0.793. The van der Waals surface area contributed by atoms with Gasteiger partial charge in [-0.05, 0) is 17.7 Å². The van der Waals surface area contributed by atoms with Crippen LogP contribution in [0.3, 0.4) is 0 Å². The lowest BCUT2D eigenvalue weighted by Gasteiger charge is -2.47. The van der Waals surface area contributed by atoms with Crippen LogP contribution in [0.25, 0.3) is 0 Å². The molecule has 0 aliphatic carbocycles. The van der Waals surface area contributed by atoms with Gasteiger partial charge >= 0.3 is 5.97 Å². The van der Waals surface area contributed by atoms with Gasteiger partial charge in [0.05, 0.1) is 12.6 Å². The van der Waals surface area contributed by atoms with E-state index in [0.29, 0.717) is 35.6 Å². The van der Waals surface area contributed by atoms with E-state index in [2.05, 4.69) is 9.80 Å². The van der Waals surface area contributed by atoms with Gasteiger partial charge in [0.25, 0.3) is 0 Å². The van der Waals surface area contributed by atoms with Crippen molar-refractivity contribution in [1.82, 2.24) is 9.80 Å². The fraction of sp³-hybridized carbons (Fsp3) is 0.562. The zero-order valence-electron chi connectivity index (χ0n) is 12.4. The summed E-state index contributed by atoms with van der Waals surface area (Å²) in [4.78, 5) is 17.3. The van der Waals surface area contributed by atoms with E-state index in [1.807, 2.05) is 6.07 Å². The number of rotatable bonds is 3. The molecule has 6 heteroatoms. The molecular weight excluding hydrogens is 304 g/mol. The molecule has 3 fully saturated rings. The molecule has 0 saturated carbocycles. The Morgan fingerprint density at radius 2 is 2.14 bits per heavy atom. The lowest BCUT2D eigenvalue weighted by Crippen LogP contribution is -2.62. The van der Waals surface area contributed by atoms with Crippen molar-refractivity contribution < 1.29 is 14.3 Å². The van der Waals surface area contributed by atoms with Crippen molar-refractivity contribution >= 4 is 17.6 Å². The normalized spacial score (nSPS) is 29.0. The number of carbonyl (C=O) groups is 1. The molecule has 1 atom stereocenters. The van der Waals surface area contributed by atoms with Crippen molar-refractivity contribution in [3.05, 3.63) is 28.3 Å². The summed E-state index contributed by atoms with van der Waals surface area (Å²) in [7, 11) is 0. The van der Waals surface area contributed by atoms with Crippen LogP contribution in [0.2, 0.25) is 5.02 Å². The van der Waals surface area contributed by atoms with E-state index in [-0.39, 0.29) is 5.97 Å². The number of hydrogen-bond acceptors (Lipinski definition) is 5. The molecule has 4 aliphatic rings. The molecule has 5 rings (SSSR count). The monoisotopic (exact) mass is 322 g/mol. The predicted molar refractivity (Wildman–Crippen MR) is 82.7 cm³/mol. The highest BCUT2D eigenvalue weighted by Crippen LogP contribution is 2.33. The number of fused-ring (bicyclic) bond motifs is 4. The van der Waals surface area contributed by atoms with E-state index in [1.54, 1.807) is 6.07 Å². The first-order valence-corrected chi connectivity index (χ1v) is 8.17. The maximum atomic E-state index is 12.4. The summed E-state index contributed by atoms with van der Waals surface area (Å²) < 4.78 is 11.1. The lowest BCUT2D eigenvalue weighted by molar-refractivity contribution is -0.0216. The van der Waals surface area contributed by atoms with Gasteiger partial charge in [-0.15, -0.1) is 0 Å². The van der Waals surface area contributed by atoms with Crippen molar-refractivity contribution in [2.45, 2.75) is 12.5 Å². The molecular formula is C16H19ClN2O3. The summed E-state index contributed by atoms with van der Waals surface area (Å²) in [5, 5.41) is 0.558. The van der Waals surface area contributed by atoms with Crippen LogP contribution in [0.15, 0.2) is 12.1 Å². The van der Waals surface area contributed by atoms with Crippen LogP contribution in [0.5, 0.6) is 5.75 Å². The van der Waals surface area contributed by atoms with Gasteiger partial charge in [0, 0.05) is 44.2 Å². The molecule has 2 bridgehead atoms. The highest BCUT2D eigenvalue weighted by Gasteiger charge is 2.33. The minimum Gasteiger partial charge on any atom is -0.492 e. The smallest absolute Gasteiger partial charge is 0.342 e.